The number of benzene rings is 1. The van der Waals surface area contributed by atoms with Crippen LogP contribution in [0.5, 0.6) is 0 Å². The summed E-state index contributed by atoms with van der Waals surface area (Å²) >= 11 is 13.9. The molecule has 2 nitrogen and oxygen atoms in total. The average Bonchev–Trinajstić information content (AvgIpc) is 3.02. The number of piperazine rings is 1. The fourth-order valence-corrected chi connectivity index (χ4v) is 3.97. The number of nitrogens with zero attached hydrogens (tertiary/aromatic N) is 1. The van der Waals surface area contributed by atoms with E-state index in [9.17, 15) is 4.39 Å². The molecule has 0 unspecified atom stereocenters. The van der Waals surface area contributed by atoms with Crippen LogP contribution in [0.15, 0.2) is 29.6 Å². The number of thiophene rings is 1. The molecule has 1 aliphatic rings. The van der Waals surface area contributed by atoms with Crippen molar-refractivity contribution in [3.63, 3.8) is 0 Å². The Morgan fingerprint density at radius 1 is 1.14 bits per heavy atom. The molecule has 1 aromatic heterocycles. The van der Waals surface area contributed by atoms with Crippen molar-refractivity contribution in [1.82, 2.24) is 10.2 Å². The van der Waals surface area contributed by atoms with Crippen LogP contribution >= 0.6 is 34.5 Å². The van der Waals surface area contributed by atoms with Crippen LogP contribution in [-0.2, 0) is 0 Å². The van der Waals surface area contributed by atoms with E-state index in [1.165, 1.54) is 6.07 Å². The molecule has 0 spiro atoms. The summed E-state index contributed by atoms with van der Waals surface area (Å²) in [5.74, 6) is -0.416. The van der Waals surface area contributed by atoms with Gasteiger partial charge in [0.15, 0.2) is 0 Å². The Kier molecular flexibility index (Phi) is 4.82. The van der Waals surface area contributed by atoms with Crippen LogP contribution in [0.1, 0.15) is 16.5 Å². The molecule has 6 heteroatoms. The van der Waals surface area contributed by atoms with E-state index in [2.05, 4.69) is 10.2 Å². The molecule has 0 aliphatic carbocycles. The van der Waals surface area contributed by atoms with E-state index in [-0.39, 0.29) is 11.1 Å². The molecule has 1 fully saturated rings. The Labute approximate surface area is 137 Å². The molecule has 112 valence electrons. The number of halogens is 3. The summed E-state index contributed by atoms with van der Waals surface area (Å²) in [4.78, 5) is 3.34. The van der Waals surface area contributed by atoms with Crippen molar-refractivity contribution < 1.29 is 4.39 Å². The molecule has 2 heterocycles. The lowest BCUT2D eigenvalue weighted by Gasteiger charge is -2.35. The van der Waals surface area contributed by atoms with Crippen LogP contribution in [0.25, 0.3) is 0 Å². The van der Waals surface area contributed by atoms with E-state index < -0.39 is 5.82 Å². The highest BCUT2D eigenvalue weighted by molar-refractivity contribution is 7.10. The van der Waals surface area contributed by atoms with Gasteiger partial charge in [-0.05, 0) is 23.6 Å². The van der Waals surface area contributed by atoms with Crippen molar-refractivity contribution in [1.29, 1.82) is 0 Å². The van der Waals surface area contributed by atoms with Gasteiger partial charge in [-0.2, -0.15) is 0 Å². The average molecular weight is 345 g/mol. The Morgan fingerprint density at radius 2 is 1.86 bits per heavy atom. The monoisotopic (exact) mass is 344 g/mol. The topological polar surface area (TPSA) is 15.3 Å². The molecule has 3 rings (SSSR count). The molecule has 0 saturated carbocycles. The maximum Gasteiger partial charge on any atom is 0.148 e. The zero-order chi connectivity index (χ0) is 14.8. The van der Waals surface area contributed by atoms with Crippen molar-refractivity contribution in [3.05, 3.63) is 55.9 Å². The van der Waals surface area contributed by atoms with Gasteiger partial charge >= 0.3 is 0 Å². The molecule has 1 aliphatic heterocycles. The van der Waals surface area contributed by atoms with Gasteiger partial charge in [0.05, 0.1) is 11.1 Å². The van der Waals surface area contributed by atoms with E-state index in [1.54, 1.807) is 17.4 Å². The standard InChI is InChI=1S/C15H15Cl2FN2S/c16-10-3-4-11(17)14(18)13(10)15(12-2-1-9-21-12)20-7-5-19-6-8-20/h1-4,9,15,19H,5-8H2/t15-/m0/s1. The van der Waals surface area contributed by atoms with Gasteiger partial charge in [0.2, 0.25) is 0 Å². The molecule has 21 heavy (non-hydrogen) atoms. The third-order valence-electron chi connectivity index (χ3n) is 3.68. The number of hydrogen-bond donors (Lipinski definition) is 1. The molecule has 0 amide bonds. The van der Waals surface area contributed by atoms with Crippen LogP contribution in [0.3, 0.4) is 0 Å². The summed E-state index contributed by atoms with van der Waals surface area (Å²) in [5.41, 5.74) is 0.480. The Balaban J connectivity index is 2.09. The molecule has 1 aromatic carbocycles. The predicted octanol–water partition coefficient (Wildman–Crippen LogP) is 4.19. The summed E-state index contributed by atoms with van der Waals surface area (Å²) in [7, 11) is 0. The van der Waals surface area contributed by atoms with Gasteiger partial charge in [0, 0.05) is 41.6 Å². The second-order valence-electron chi connectivity index (χ2n) is 4.96. The first-order valence-electron chi connectivity index (χ1n) is 6.80. The van der Waals surface area contributed by atoms with E-state index in [4.69, 9.17) is 23.2 Å². The summed E-state index contributed by atoms with van der Waals surface area (Å²) in [5, 5.41) is 5.86. The van der Waals surface area contributed by atoms with Gasteiger partial charge in [0.1, 0.15) is 5.82 Å². The zero-order valence-corrected chi connectivity index (χ0v) is 13.6. The van der Waals surface area contributed by atoms with Crippen LogP contribution in [0, 0.1) is 5.82 Å². The number of rotatable bonds is 3. The molecule has 1 atom stereocenters. The van der Waals surface area contributed by atoms with Crippen molar-refractivity contribution in [2.75, 3.05) is 26.2 Å². The van der Waals surface area contributed by atoms with Gasteiger partial charge < -0.3 is 5.32 Å². The first-order chi connectivity index (χ1) is 10.2. The predicted molar refractivity (Wildman–Crippen MR) is 87.0 cm³/mol. The maximum atomic E-state index is 14.6. The van der Waals surface area contributed by atoms with E-state index >= 15 is 0 Å². The maximum absolute atomic E-state index is 14.6. The SMILES string of the molecule is Fc1c(Cl)ccc(Cl)c1[C@H](c1cccs1)N1CCNCC1. The van der Waals surface area contributed by atoms with Crippen molar-refractivity contribution >= 4 is 34.5 Å². The highest BCUT2D eigenvalue weighted by atomic mass is 35.5. The molecule has 1 saturated heterocycles. The normalized spacial score (nSPS) is 17.9. The van der Waals surface area contributed by atoms with Gasteiger partial charge in [-0.1, -0.05) is 29.3 Å². The van der Waals surface area contributed by atoms with Crippen LogP contribution < -0.4 is 5.32 Å². The highest BCUT2D eigenvalue weighted by Crippen LogP contribution is 2.39. The van der Waals surface area contributed by atoms with Gasteiger partial charge in [0.25, 0.3) is 0 Å². The van der Waals surface area contributed by atoms with E-state index in [0.717, 1.165) is 31.1 Å². The minimum atomic E-state index is -0.416. The third-order valence-corrected chi connectivity index (χ3v) is 5.23. The lowest BCUT2D eigenvalue weighted by atomic mass is 10.0. The Bertz CT molecular complexity index is 612. The van der Waals surface area contributed by atoms with E-state index in [0.29, 0.717) is 10.6 Å². The molecular formula is C15H15Cl2FN2S. The van der Waals surface area contributed by atoms with Crippen molar-refractivity contribution in [2.45, 2.75) is 6.04 Å². The first-order valence-corrected chi connectivity index (χ1v) is 8.43. The molecule has 2 aromatic rings. The van der Waals surface area contributed by atoms with Crippen molar-refractivity contribution in [3.8, 4) is 0 Å². The second-order valence-corrected chi connectivity index (χ2v) is 6.75. The molecule has 0 radical (unpaired) electrons. The Morgan fingerprint density at radius 3 is 2.52 bits per heavy atom. The summed E-state index contributed by atoms with van der Waals surface area (Å²) in [6.07, 6.45) is 0. The molecule has 1 N–H and O–H groups in total. The van der Waals surface area contributed by atoms with Crippen LogP contribution in [-0.4, -0.2) is 31.1 Å². The molecular weight excluding hydrogens is 330 g/mol. The van der Waals surface area contributed by atoms with Gasteiger partial charge in [-0.3, -0.25) is 4.90 Å². The van der Waals surface area contributed by atoms with Crippen LogP contribution in [0.2, 0.25) is 10.0 Å². The van der Waals surface area contributed by atoms with E-state index in [1.807, 2.05) is 17.5 Å². The Hall–Kier alpha value is -0.650. The number of nitrogens with one attached hydrogen (secondary N) is 1. The zero-order valence-electron chi connectivity index (χ0n) is 11.3. The minimum Gasteiger partial charge on any atom is -0.314 e. The summed E-state index contributed by atoms with van der Waals surface area (Å²) in [6, 6.07) is 7.00. The summed E-state index contributed by atoms with van der Waals surface area (Å²) < 4.78 is 14.6. The van der Waals surface area contributed by atoms with Crippen LogP contribution in [0.4, 0.5) is 4.39 Å². The lowest BCUT2D eigenvalue weighted by Crippen LogP contribution is -2.45. The fraction of sp³-hybridized carbons (Fsp3) is 0.333. The van der Waals surface area contributed by atoms with Gasteiger partial charge in [-0.25, -0.2) is 4.39 Å². The lowest BCUT2D eigenvalue weighted by molar-refractivity contribution is 0.197. The minimum absolute atomic E-state index is 0.117. The number of hydrogen-bond acceptors (Lipinski definition) is 3. The largest absolute Gasteiger partial charge is 0.314 e. The fourth-order valence-electron chi connectivity index (χ4n) is 2.69. The first kappa shape index (κ1) is 15.3. The molecule has 0 bridgehead atoms. The highest BCUT2D eigenvalue weighted by Gasteiger charge is 2.29. The third kappa shape index (κ3) is 3.10. The second kappa shape index (κ2) is 6.63. The van der Waals surface area contributed by atoms with Crippen molar-refractivity contribution in [2.24, 2.45) is 0 Å². The van der Waals surface area contributed by atoms with Gasteiger partial charge in [-0.15, -0.1) is 11.3 Å². The quantitative estimate of drug-likeness (QED) is 0.840. The smallest absolute Gasteiger partial charge is 0.148 e. The summed E-state index contributed by atoms with van der Waals surface area (Å²) in [6.45, 7) is 3.49.